The summed E-state index contributed by atoms with van der Waals surface area (Å²) in [7, 11) is 0. The van der Waals surface area contributed by atoms with E-state index in [4.69, 9.17) is 15.2 Å². The third kappa shape index (κ3) is 3.33. The Morgan fingerprint density at radius 3 is 2.75 bits per heavy atom. The normalized spacial score (nSPS) is 14.1. The fourth-order valence-electron chi connectivity index (χ4n) is 1.73. The largest absolute Gasteiger partial charge is 0.476 e. The number of hydrogen-bond acceptors (Lipinski definition) is 4. The predicted octanol–water partition coefficient (Wildman–Crippen LogP) is 3.85. The molecule has 0 bridgehead atoms. The van der Waals surface area contributed by atoms with Gasteiger partial charge in [-0.05, 0) is 59.5 Å². The Labute approximate surface area is 131 Å². The van der Waals surface area contributed by atoms with Crippen LogP contribution < -0.4 is 15.2 Å². The van der Waals surface area contributed by atoms with Gasteiger partial charge >= 0.3 is 0 Å². The van der Waals surface area contributed by atoms with Crippen molar-refractivity contribution in [3.05, 3.63) is 40.0 Å². The van der Waals surface area contributed by atoms with Gasteiger partial charge in [-0.2, -0.15) is 4.98 Å². The molecule has 1 fully saturated rings. The van der Waals surface area contributed by atoms with Crippen molar-refractivity contribution in [2.24, 2.45) is 5.92 Å². The predicted molar refractivity (Wildman–Crippen MR) is 86.1 cm³/mol. The van der Waals surface area contributed by atoms with Crippen molar-refractivity contribution in [1.29, 1.82) is 0 Å². The number of nitrogen functional groups attached to an aromatic ring is 1. The molecule has 1 saturated carbocycles. The molecule has 1 aromatic carbocycles. The second-order valence-corrected chi connectivity index (χ2v) is 5.99. The lowest BCUT2D eigenvalue weighted by atomic mass is 10.3. The van der Waals surface area contributed by atoms with Crippen molar-refractivity contribution < 1.29 is 9.47 Å². The molecule has 1 aliphatic carbocycles. The first kappa shape index (κ1) is 13.5. The summed E-state index contributed by atoms with van der Waals surface area (Å²) < 4.78 is 12.5. The Kier molecular flexibility index (Phi) is 3.95. The van der Waals surface area contributed by atoms with E-state index in [2.05, 4.69) is 27.6 Å². The molecule has 1 aromatic heterocycles. The molecule has 2 aromatic rings. The summed E-state index contributed by atoms with van der Waals surface area (Å²) in [6.45, 7) is 0.684. The third-order valence-electron chi connectivity index (χ3n) is 3.07. The molecule has 2 N–H and O–H groups in total. The van der Waals surface area contributed by atoms with Gasteiger partial charge in [0.05, 0.1) is 15.9 Å². The summed E-state index contributed by atoms with van der Waals surface area (Å²) in [6.07, 6.45) is 2.47. The van der Waals surface area contributed by atoms with Crippen LogP contribution in [0.4, 0.5) is 5.69 Å². The molecular formula is C15H15IN2O2. The van der Waals surface area contributed by atoms with Crippen LogP contribution in [0.3, 0.4) is 0 Å². The molecule has 0 saturated heterocycles. The molecule has 0 spiro atoms. The molecular weight excluding hydrogens is 367 g/mol. The summed E-state index contributed by atoms with van der Waals surface area (Å²) in [6, 6.07) is 11.3. The van der Waals surface area contributed by atoms with Crippen LogP contribution in [0.15, 0.2) is 36.4 Å². The minimum absolute atomic E-state index is 0.459. The van der Waals surface area contributed by atoms with Gasteiger partial charge in [0.15, 0.2) is 0 Å². The van der Waals surface area contributed by atoms with Crippen molar-refractivity contribution in [2.75, 3.05) is 12.3 Å². The van der Waals surface area contributed by atoms with E-state index in [0.29, 0.717) is 30.0 Å². The number of para-hydroxylation sites is 1. The van der Waals surface area contributed by atoms with Gasteiger partial charge in [-0.15, -0.1) is 0 Å². The van der Waals surface area contributed by atoms with Crippen molar-refractivity contribution in [2.45, 2.75) is 12.8 Å². The summed E-state index contributed by atoms with van der Waals surface area (Å²) in [5.74, 6) is 2.39. The Hall–Kier alpha value is -1.50. The number of anilines is 1. The van der Waals surface area contributed by atoms with E-state index < -0.39 is 0 Å². The summed E-state index contributed by atoms with van der Waals surface area (Å²) >= 11 is 2.23. The van der Waals surface area contributed by atoms with Gasteiger partial charge in [-0.25, -0.2) is 0 Å². The van der Waals surface area contributed by atoms with E-state index in [1.54, 1.807) is 12.1 Å². The van der Waals surface area contributed by atoms with Crippen LogP contribution in [-0.2, 0) is 0 Å². The van der Waals surface area contributed by atoms with Gasteiger partial charge in [0, 0.05) is 6.07 Å². The average molecular weight is 382 g/mol. The monoisotopic (exact) mass is 382 g/mol. The first-order valence-corrected chi connectivity index (χ1v) is 7.62. The molecule has 3 rings (SSSR count). The summed E-state index contributed by atoms with van der Waals surface area (Å²) in [4.78, 5) is 4.34. The van der Waals surface area contributed by atoms with Gasteiger partial charge in [0.2, 0.25) is 11.8 Å². The van der Waals surface area contributed by atoms with Crippen molar-refractivity contribution >= 4 is 28.3 Å². The minimum atomic E-state index is 0.459. The second kappa shape index (κ2) is 5.87. The van der Waals surface area contributed by atoms with Crippen LogP contribution in [0, 0.1) is 9.49 Å². The quantitative estimate of drug-likeness (QED) is 0.799. The van der Waals surface area contributed by atoms with E-state index in [1.807, 2.05) is 24.3 Å². The number of ether oxygens (including phenoxy) is 2. The highest BCUT2D eigenvalue weighted by molar-refractivity contribution is 14.1. The fourth-order valence-corrected chi connectivity index (χ4v) is 2.23. The van der Waals surface area contributed by atoms with Gasteiger partial charge in [0.25, 0.3) is 0 Å². The van der Waals surface area contributed by atoms with E-state index in [0.717, 1.165) is 9.32 Å². The number of nitrogens with zero attached hydrogens (tertiary/aromatic N) is 1. The maximum absolute atomic E-state index is 5.87. The topological polar surface area (TPSA) is 57.4 Å². The minimum Gasteiger partial charge on any atom is -0.476 e. The van der Waals surface area contributed by atoms with Crippen LogP contribution in [0.25, 0.3) is 0 Å². The molecule has 0 unspecified atom stereocenters. The van der Waals surface area contributed by atoms with E-state index >= 15 is 0 Å². The Balaban J connectivity index is 1.75. The molecule has 4 nitrogen and oxygen atoms in total. The maximum Gasteiger partial charge on any atom is 0.240 e. The third-order valence-corrected chi connectivity index (χ3v) is 3.96. The van der Waals surface area contributed by atoms with Crippen LogP contribution in [0.1, 0.15) is 12.8 Å². The van der Waals surface area contributed by atoms with Gasteiger partial charge < -0.3 is 15.2 Å². The number of halogens is 1. The summed E-state index contributed by atoms with van der Waals surface area (Å²) in [5, 5.41) is 0. The smallest absolute Gasteiger partial charge is 0.240 e. The summed E-state index contributed by atoms with van der Waals surface area (Å²) in [5.41, 5.74) is 6.42. The van der Waals surface area contributed by atoms with Crippen LogP contribution in [-0.4, -0.2) is 11.6 Å². The number of pyridine rings is 1. The number of aromatic nitrogens is 1. The molecule has 1 heterocycles. The average Bonchev–Trinajstić information content (AvgIpc) is 3.26. The highest BCUT2D eigenvalue weighted by Crippen LogP contribution is 2.32. The van der Waals surface area contributed by atoms with Gasteiger partial charge in [-0.3, -0.25) is 0 Å². The Morgan fingerprint density at radius 2 is 2.00 bits per heavy atom. The molecule has 104 valence electrons. The first-order chi connectivity index (χ1) is 9.72. The fraction of sp³-hybridized carbons (Fsp3) is 0.267. The van der Waals surface area contributed by atoms with Gasteiger partial charge in [-0.1, -0.05) is 12.1 Å². The Morgan fingerprint density at radius 1 is 1.20 bits per heavy atom. The zero-order valence-electron chi connectivity index (χ0n) is 10.9. The highest BCUT2D eigenvalue weighted by Gasteiger charge is 2.22. The second-order valence-electron chi connectivity index (χ2n) is 4.83. The lowest BCUT2D eigenvalue weighted by Gasteiger charge is -2.10. The SMILES string of the molecule is Nc1ccc(Oc2ccccc2I)nc1OCC1CC1. The molecule has 0 aliphatic heterocycles. The number of nitrogens with two attached hydrogens (primary N) is 1. The standard InChI is InChI=1S/C15H15IN2O2/c16-11-3-1-2-4-13(11)20-14-8-7-12(17)15(18-14)19-9-10-5-6-10/h1-4,7-8,10H,5-6,9,17H2. The Bertz CT molecular complexity index is 615. The van der Waals surface area contributed by atoms with Gasteiger partial charge in [0.1, 0.15) is 5.75 Å². The number of benzene rings is 1. The van der Waals surface area contributed by atoms with E-state index in [-0.39, 0.29) is 0 Å². The highest BCUT2D eigenvalue weighted by atomic mass is 127. The molecule has 5 heteroatoms. The number of hydrogen-bond donors (Lipinski definition) is 1. The molecule has 0 amide bonds. The lowest BCUT2D eigenvalue weighted by Crippen LogP contribution is -2.04. The molecule has 0 atom stereocenters. The van der Waals surface area contributed by atoms with Crippen molar-refractivity contribution in [3.63, 3.8) is 0 Å². The molecule has 20 heavy (non-hydrogen) atoms. The van der Waals surface area contributed by atoms with Crippen LogP contribution in [0.2, 0.25) is 0 Å². The number of rotatable bonds is 5. The zero-order valence-corrected chi connectivity index (χ0v) is 13.0. The molecule has 1 aliphatic rings. The van der Waals surface area contributed by atoms with Crippen LogP contribution in [0.5, 0.6) is 17.5 Å². The maximum atomic E-state index is 5.87. The van der Waals surface area contributed by atoms with Crippen LogP contribution >= 0.6 is 22.6 Å². The first-order valence-electron chi connectivity index (χ1n) is 6.54. The van der Waals surface area contributed by atoms with E-state index in [9.17, 15) is 0 Å². The lowest BCUT2D eigenvalue weighted by molar-refractivity contribution is 0.286. The zero-order chi connectivity index (χ0) is 13.9. The van der Waals surface area contributed by atoms with Crippen molar-refractivity contribution in [3.8, 4) is 17.5 Å². The van der Waals surface area contributed by atoms with Crippen molar-refractivity contribution in [1.82, 2.24) is 4.98 Å². The van der Waals surface area contributed by atoms with E-state index in [1.165, 1.54) is 12.8 Å². The molecule has 0 radical (unpaired) electrons.